The number of rotatable bonds is 7. The molecule has 0 radical (unpaired) electrons. The summed E-state index contributed by atoms with van der Waals surface area (Å²) in [6.07, 6.45) is 4.67. The van der Waals surface area contributed by atoms with Crippen molar-refractivity contribution in [2.24, 2.45) is 0 Å². The zero-order valence-electron chi connectivity index (χ0n) is 16.2. The predicted molar refractivity (Wildman–Crippen MR) is 119 cm³/mol. The Morgan fingerprint density at radius 3 is 2.75 bits per heavy atom. The van der Waals surface area contributed by atoms with Crippen LogP contribution in [0.3, 0.4) is 0 Å². The summed E-state index contributed by atoms with van der Waals surface area (Å²) in [4.78, 5) is 8.75. The quantitative estimate of drug-likeness (QED) is 0.686. The number of pyridine rings is 1. The fourth-order valence-electron chi connectivity index (χ4n) is 3.21. The van der Waals surface area contributed by atoms with Gasteiger partial charge in [-0.05, 0) is 54.9 Å². The number of morpholine rings is 1. The Morgan fingerprint density at radius 2 is 2.00 bits per heavy atom. The van der Waals surface area contributed by atoms with Crippen molar-refractivity contribution in [1.29, 1.82) is 0 Å². The standard InChI is InChI=1S/C21H27ClN4OS/c1-17-4-2-5-19(20(17)22)24-21(28)26(16-18-6-8-23-9-7-18)11-3-10-25-12-14-27-15-13-25/h2,4-9H,3,10-16H2,1H3,(H,24,28). The molecule has 1 fully saturated rings. The lowest BCUT2D eigenvalue weighted by Gasteiger charge is -2.30. The number of ether oxygens (including phenoxy) is 1. The van der Waals surface area contributed by atoms with Crippen molar-refractivity contribution in [2.75, 3.05) is 44.7 Å². The Balaban J connectivity index is 1.63. The van der Waals surface area contributed by atoms with Crippen LogP contribution in [0, 0.1) is 6.92 Å². The van der Waals surface area contributed by atoms with E-state index < -0.39 is 0 Å². The highest BCUT2D eigenvalue weighted by molar-refractivity contribution is 7.80. The van der Waals surface area contributed by atoms with Gasteiger partial charge in [-0.15, -0.1) is 0 Å². The zero-order chi connectivity index (χ0) is 19.8. The molecule has 150 valence electrons. The van der Waals surface area contributed by atoms with E-state index in [0.29, 0.717) is 10.1 Å². The van der Waals surface area contributed by atoms with Gasteiger partial charge in [0.05, 0.1) is 23.9 Å². The Labute approximate surface area is 177 Å². The Bertz CT molecular complexity index is 768. The van der Waals surface area contributed by atoms with Gasteiger partial charge in [0.15, 0.2) is 5.11 Å². The van der Waals surface area contributed by atoms with Crippen molar-refractivity contribution < 1.29 is 4.74 Å². The molecule has 1 N–H and O–H groups in total. The van der Waals surface area contributed by atoms with Gasteiger partial charge in [-0.3, -0.25) is 9.88 Å². The summed E-state index contributed by atoms with van der Waals surface area (Å²) in [6, 6.07) is 9.99. The molecule has 0 aliphatic carbocycles. The number of nitrogens with one attached hydrogen (secondary N) is 1. The number of hydrogen-bond donors (Lipinski definition) is 1. The first kappa shape index (κ1) is 21.0. The zero-order valence-corrected chi connectivity index (χ0v) is 17.8. The molecule has 1 aromatic heterocycles. The Kier molecular flexibility index (Phi) is 8.03. The molecule has 5 nitrogen and oxygen atoms in total. The summed E-state index contributed by atoms with van der Waals surface area (Å²) < 4.78 is 5.43. The highest BCUT2D eigenvalue weighted by Gasteiger charge is 2.15. The summed E-state index contributed by atoms with van der Waals surface area (Å²) in [5.74, 6) is 0. The molecule has 2 aromatic rings. The normalized spacial score (nSPS) is 14.6. The van der Waals surface area contributed by atoms with Crippen molar-refractivity contribution in [3.63, 3.8) is 0 Å². The molecular formula is C21H27ClN4OS. The van der Waals surface area contributed by atoms with Crippen LogP contribution in [0.15, 0.2) is 42.7 Å². The molecule has 0 amide bonds. The molecule has 1 aliphatic rings. The van der Waals surface area contributed by atoms with Gasteiger partial charge in [-0.1, -0.05) is 23.7 Å². The minimum absolute atomic E-state index is 0.686. The van der Waals surface area contributed by atoms with Crippen molar-refractivity contribution in [3.8, 4) is 0 Å². The molecule has 0 spiro atoms. The van der Waals surface area contributed by atoms with Gasteiger partial charge in [0, 0.05) is 45.1 Å². The molecule has 0 bridgehead atoms. The average Bonchev–Trinajstić information content (AvgIpc) is 2.72. The second kappa shape index (κ2) is 10.7. The van der Waals surface area contributed by atoms with Crippen LogP contribution in [0.1, 0.15) is 17.5 Å². The maximum atomic E-state index is 6.44. The van der Waals surface area contributed by atoms with Gasteiger partial charge in [0.2, 0.25) is 0 Å². The molecule has 1 aliphatic heterocycles. The third-order valence-electron chi connectivity index (χ3n) is 4.85. The van der Waals surface area contributed by atoms with Gasteiger partial charge >= 0.3 is 0 Å². The summed E-state index contributed by atoms with van der Waals surface area (Å²) in [5.41, 5.74) is 3.06. The number of halogens is 1. The van der Waals surface area contributed by atoms with Crippen LogP contribution < -0.4 is 5.32 Å². The largest absolute Gasteiger partial charge is 0.379 e. The Morgan fingerprint density at radius 1 is 1.25 bits per heavy atom. The van der Waals surface area contributed by atoms with Crippen LogP contribution in [0.25, 0.3) is 0 Å². The van der Waals surface area contributed by atoms with Crippen LogP contribution >= 0.6 is 23.8 Å². The van der Waals surface area contributed by atoms with Crippen molar-refractivity contribution in [1.82, 2.24) is 14.8 Å². The Hall–Kier alpha value is -1.73. The van der Waals surface area contributed by atoms with E-state index in [1.165, 1.54) is 5.56 Å². The van der Waals surface area contributed by atoms with Crippen molar-refractivity contribution in [3.05, 3.63) is 58.9 Å². The van der Waals surface area contributed by atoms with Gasteiger partial charge in [0.25, 0.3) is 0 Å². The van der Waals surface area contributed by atoms with E-state index in [9.17, 15) is 0 Å². The minimum Gasteiger partial charge on any atom is -0.379 e. The van der Waals surface area contributed by atoms with E-state index in [-0.39, 0.29) is 0 Å². The first-order valence-electron chi connectivity index (χ1n) is 9.63. The third-order valence-corrected chi connectivity index (χ3v) is 5.71. The number of hydrogen-bond acceptors (Lipinski definition) is 4. The highest BCUT2D eigenvalue weighted by atomic mass is 35.5. The summed E-state index contributed by atoms with van der Waals surface area (Å²) in [7, 11) is 0. The molecular weight excluding hydrogens is 392 g/mol. The van der Waals surface area contributed by atoms with E-state index in [0.717, 1.165) is 63.6 Å². The number of anilines is 1. The van der Waals surface area contributed by atoms with Gasteiger partial charge in [0.1, 0.15) is 0 Å². The number of nitrogens with zero attached hydrogens (tertiary/aromatic N) is 3. The highest BCUT2D eigenvalue weighted by Crippen LogP contribution is 2.25. The molecule has 1 aromatic carbocycles. The van der Waals surface area contributed by atoms with Gasteiger partial charge in [-0.25, -0.2) is 0 Å². The third kappa shape index (κ3) is 6.14. The molecule has 0 saturated carbocycles. The SMILES string of the molecule is Cc1cccc(NC(=S)N(CCCN2CCOCC2)Cc2ccncc2)c1Cl. The second-order valence-electron chi connectivity index (χ2n) is 6.95. The van der Waals surface area contributed by atoms with Crippen LogP contribution in [-0.2, 0) is 11.3 Å². The predicted octanol–water partition coefficient (Wildman–Crippen LogP) is 3.96. The van der Waals surface area contributed by atoms with Crippen molar-refractivity contribution >= 4 is 34.6 Å². The summed E-state index contributed by atoms with van der Waals surface area (Å²) in [5, 5.41) is 4.73. The van der Waals surface area contributed by atoms with E-state index >= 15 is 0 Å². The lowest BCUT2D eigenvalue weighted by atomic mass is 10.2. The molecule has 3 rings (SSSR count). The first-order valence-corrected chi connectivity index (χ1v) is 10.4. The molecule has 0 atom stereocenters. The van der Waals surface area contributed by atoms with Crippen LogP contribution in [0.5, 0.6) is 0 Å². The number of benzene rings is 1. The molecule has 28 heavy (non-hydrogen) atoms. The molecule has 0 unspecified atom stereocenters. The number of aromatic nitrogens is 1. The topological polar surface area (TPSA) is 40.6 Å². The van der Waals surface area contributed by atoms with Crippen LogP contribution in [0.4, 0.5) is 5.69 Å². The fourth-order valence-corrected chi connectivity index (χ4v) is 3.65. The smallest absolute Gasteiger partial charge is 0.173 e. The molecule has 1 saturated heterocycles. The average molecular weight is 419 g/mol. The van der Waals surface area contributed by atoms with Gasteiger partial charge < -0.3 is 15.0 Å². The van der Waals surface area contributed by atoms with Crippen LogP contribution in [0.2, 0.25) is 5.02 Å². The lowest BCUT2D eigenvalue weighted by molar-refractivity contribution is 0.0368. The molecule has 2 heterocycles. The summed E-state index contributed by atoms with van der Waals surface area (Å²) in [6.45, 7) is 8.31. The van der Waals surface area contributed by atoms with Gasteiger partial charge in [-0.2, -0.15) is 0 Å². The first-order chi connectivity index (χ1) is 13.6. The maximum absolute atomic E-state index is 6.44. The lowest BCUT2D eigenvalue weighted by Crippen LogP contribution is -2.40. The molecule has 7 heteroatoms. The second-order valence-corrected chi connectivity index (χ2v) is 7.72. The van der Waals surface area contributed by atoms with E-state index in [1.807, 2.05) is 49.6 Å². The monoisotopic (exact) mass is 418 g/mol. The van der Waals surface area contributed by atoms with E-state index in [4.69, 9.17) is 28.6 Å². The van der Waals surface area contributed by atoms with E-state index in [1.54, 1.807) is 0 Å². The van der Waals surface area contributed by atoms with Crippen molar-refractivity contribution in [2.45, 2.75) is 19.9 Å². The minimum atomic E-state index is 0.686. The fraction of sp³-hybridized carbons (Fsp3) is 0.429. The number of thiocarbonyl (C=S) groups is 1. The summed E-state index contributed by atoms with van der Waals surface area (Å²) >= 11 is 12.2. The number of aryl methyl sites for hydroxylation is 1. The maximum Gasteiger partial charge on any atom is 0.173 e. The van der Waals surface area contributed by atoms with E-state index in [2.05, 4.69) is 20.1 Å². The van der Waals surface area contributed by atoms with Crippen LogP contribution in [-0.4, -0.2) is 59.3 Å².